The summed E-state index contributed by atoms with van der Waals surface area (Å²) in [5.74, 6) is 5.68. The first-order chi connectivity index (χ1) is 11.8. The lowest BCUT2D eigenvalue weighted by atomic mass is 9.64. The molecule has 2 aliphatic rings. The molecule has 0 spiro atoms. The molecule has 2 aliphatic carbocycles. The lowest BCUT2D eigenvalue weighted by molar-refractivity contribution is -0.0450. The predicted octanol–water partition coefficient (Wildman–Crippen LogP) is 5.17. The van der Waals surface area contributed by atoms with Crippen LogP contribution in [0.5, 0.6) is 0 Å². The summed E-state index contributed by atoms with van der Waals surface area (Å²) in [6.07, 6.45) is 19.0. The van der Waals surface area contributed by atoms with Crippen LogP contribution in [0.25, 0.3) is 0 Å². The quantitative estimate of drug-likeness (QED) is 0.585. The van der Waals surface area contributed by atoms with E-state index >= 15 is 0 Å². The van der Waals surface area contributed by atoms with E-state index in [9.17, 15) is 10.2 Å². The molecule has 0 aliphatic heterocycles. The van der Waals surface area contributed by atoms with Crippen molar-refractivity contribution in [2.24, 2.45) is 22.7 Å². The van der Waals surface area contributed by atoms with Gasteiger partial charge in [-0.2, -0.15) is 0 Å². The summed E-state index contributed by atoms with van der Waals surface area (Å²) in [6.45, 7) is 12.9. The third-order valence-electron chi connectivity index (χ3n) is 6.35. The molecular weight excluding hydrogens is 320 g/mol. The maximum atomic E-state index is 10.2. The van der Waals surface area contributed by atoms with Crippen LogP contribution in [0.4, 0.5) is 0 Å². The van der Waals surface area contributed by atoms with Crippen molar-refractivity contribution in [3.05, 3.63) is 0 Å². The van der Waals surface area contributed by atoms with Crippen molar-refractivity contribution in [1.29, 1.82) is 0 Å². The zero-order valence-electron chi connectivity index (χ0n) is 17.9. The Hall–Kier alpha value is -0.960. The Kier molecular flexibility index (Phi) is 7.43. The van der Waals surface area contributed by atoms with E-state index in [1.807, 2.05) is 0 Å². The van der Waals surface area contributed by atoms with Crippen LogP contribution < -0.4 is 0 Å². The minimum absolute atomic E-state index is 0.113. The zero-order valence-corrected chi connectivity index (χ0v) is 17.9. The standard InChI is InChI=1S/2C12H20O/c2*1-5-12(13)9-7-6-8-10(12)11(2,3)4/h2*1,10,13H,6-9H2,2-4H3/t2*10?,12-/m10/s1. The van der Waals surface area contributed by atoms with Gasteiger partial charge in [-0.15, -0.1) is 12.8 Å². The van der Waals surface area contributed by atoms with Crippen molar-refractivity contribution in [3.63, 3.8) is 0 Å². The Bertz CT molecular complexity index is 487. The van der Waals surface area contributed by atoms with E-state index in [0.717, 1.165) is 38.5 Å². The molecule has 2 nitrogen and oxygen atoms in total. The summed E-state index contributed by atoms with van der Waals surface area (Å²) in [7, 11) is 0. The fourth-order valence-electron chi connectivity index (χ4n) is 4.96. The Labute approximate surface area is 162 Å². The van der Waals surface area contributed by atoms with Gasteiger partial charge in [0.15, 0.2) is 0 Å². The predicted molar refractivity (Wildman–Crippen MR) is 110 cm³/mol. The van der Waals surface area contributed by atoms with E-state index in [1.165, 1.54) is 12.8 Å². The third-order valence-corrected chi connectivity index (χ3v) is 6.35. The summed E-state index contributed by atoms with van der Waals surface area (Å²) in [6, 6.07) is 0. The van der Waals surface area contributed by atoms with Crippen LogP contribution >= 0.6 is 0 Å². The normalized spacial score (nSPS) is 35.5. The Morgan fingerprint density at radius 3 is 1.19 bits per heavy atom. The van der Waals surface area contributed by atoms with Crippen LogP contribution in [-0.4, -0.2) is 21.4 Å². The lowest BCUT2D eigenvalue weighted by Crippen LogP contribution is -2.45. The van der Waals surface area contributed by atoms with Crippen LogP contribution in [-0.2, 0) is 0 Å². The Morgan fingerprint density at radius 2 is 1.00 bits per heavy atom. The van der Waals surface area contributed by atoms with Crippen LogP contribution in [0.1, 0.15) is 92.9 Å². The van der Waals surface area contributed by atoms with Crippen LogP contribution in [0, 0.1) is 47.4 Å². The van der Waals surface area contributed by atoms with Gasteiger partial charge in [0.05, 0.1) is 0 Å². The molecule has 0 saturated heterocycles. The van der Waals surface area contributed by atoms with Gasteiger partial charge in [-0.25, -0.2) is 0 Å². The summed E-state index contributed by atoms with van der Waals surface area (Å²) in [5.41, 5.74) is -1.48. The molecule has 4 atom stereocenters. The van der Waals surface area contributed by atoms with Gasteiger partial charge >= 0.3 is 0 Å². The van der Waals surface area contributed by atoms with Crippen molar-refractivity contribution in [2.75, 3.05) is 0 Å². The summed E-state index contributed by atoms with van der Waals surface area (Å²) in [4.78, 5) is 0. The van der Waals surface area contributed by atoms with Gasteiger partial charge < -0.3 is 10.2 Å². The largest absolute Gasteiger partial charge is 0.377 e. The summed E-state index contributed by atoms with van der Waals surface area (Å²) in [5, 5.41) is 20.5. The summed E-state index contributed by atoms with van der Waals surface area (Å²) < 4.78 is 0. The highest BCUT2D eigenvalue weighted by Gasteiger charge is 2.44. The molecule has 2 unspecified atom stereocenters. The van der Waals surface area contributed by atoms with Crippen molar-refractivity contribution < 1.29 is 10.2 Å². The van der Waals surface area contributed by atoms with Gasteiger partial charge in [-0.3, -0.25) is 0 Å². The average Bonchev–Trinajstić information content (AvgIpc) is 2.54. The third kappa shape index (κ3) is 5.52. The van der Waals surface area contributed by atoms with E-state index in [0.29, 0.717) is 0 Å². The van der Waals surface area contributed by atoms with Gasteiger partial charge in [0.1, 0.15) is 11.2 Å². The first kappa shape index (κ1) is 23.1. The lowest BCUT2D eigenvalue weighted by Gasteiger charge is -2.43. The Morgan fingerprint density at radius 1 is 0.692 bits per heavy atom. The van der Waals surface area contributed by atoms with Gasteiger partial charge in [-0.1, -0.05) is 66.2 Å². The molecule has 0 heterocycles. The molecule has 2 rings (SSSR count). The molecular formula is C24H40O2. The van der Waals surface area contributed by atoms with Gasteiger partial charge in [0, 0.05) is 11.8 Å². The second-order valence-electron chi connectivity index (χ2n) is 10.5. The number of aliphatic hydroxyl groups is 2. The van der Waals surface area contributed by atoms with Crippen molar-refractivity contribution in [2.45, 2.75) is 104 Å². The van der Waals surface area contributed by atoms with E-state index in [-0.39, 0.29) is 22.7 Å². The molecule has 0 aromatic heterocycles. The van der Waals surface area contributed by atoms with Crippen LogP contribution in [0.3, 0.4) is 0 Å². The monoisotopic (exact) mass is 360 g/mol. The molecule has 2 N–H and O–H groups in total. The first-order valence-electron chi connectivity index (χ1n) is 10.2. The van der Waals surface area contributed by atoms with Crippen molar-refractivity contribution in [1.82, 2.24) is 0 Å². The zero-order chi connectivity index (χ0) is 20.2. The molecule has 2 saturated carbocycles. The second kappa shape index (κ2) is 8.37. The molecule has 2 fully saturated rings. The van der Waals surface area contributed by atoms with Gasteiger partial charge in [-0.05, 0) is 49.4 Å². The van der Waals surface area contributed by atoms with E-state index in [4.69, 9.17) is 12.8 Å². The smallest absolute Gasteiger partial charge is 0.128 e. The SMILES string of the molecule is C#C[C@@]1(O)CCCCC1C(C)(C)C.C#C[C@]1(O)CCCCC1C(C)(C)C. The molecule has 0 aromatic rings. The number of hydrogen-bond acceptors (Lipinski definition) is 2. The number of hydrogen-bond donors (Lipinski definition) is 2. The van der Waals surface area contributed by atoms with Gasteiger partial charge in [0.2, 0.25) is 0 Å². The Balaban J connectivity index is 0.000000260. The highest BCUT2D eigenvalue weighted by atomic mass is 16.3. The minimum Gasteiger partial charge on any atom is -0.377 e. The molecule has 26 heavy (non-hydrogen) atoms. The molecule has 148 valence electrons. The van der Waals surface area contributed by atoms with Crippen LogP contribution in [0.15, 0.2) is 0 Å². The van der Waals surface area contributed by atoms with Crippen molar-refractivity contribution in [3.8, 4) is 24.7 Å². The molecule has 2 heteroatoms. The van der Waals surface area contributed by atoms with E-state index < -0.39 is 11.2 Å². The number of rotatable bonds is 0. The topological polar surface area (TPSA) is 40.5 Å². The number of terminal acetylenes is 2. The highest BCUT2D eigenvalue weighted by molar-refractivity contribution is 5.14. The molecule has 0 aromatic carbocycles. The fraction of sp³-hybridized carbons (Fsp3) is 0.833. The first-order valence-corrected chi connectivity index (χ1v) is 10.2. The maximum Gasteiger partial charge on any atom is 0.128 e. The maximum absolute atomic E-state index is 10.2. The molecule has 0 amide bonds. The van der Waals surface area contributed by atoms with Crippen molar-refractivity contribution >= 4 is 0 Å². The van der Waals surface area contributed by atoms with Crippen LogP contribution in [0.2, 0.25) is 0 Å². The highest BCUT2D eigenvalue weighted by Crippen LogP contribution is 2.44. The molecule has 0 radical (unpaired) electrons. The van der Waals surface area contributed by atoms with E-state index in [2.05, 4.69) is 53.4 Å². The van der Waals surface area contributed by atoms with Gasteiger partial charge in [0.25, 0.3) is 0 Å². The molecule has 0 bridgehead atoms. The average molecular weight is 361 g/mol. The second-order valence-corrected chi connectivity index (χ2v) is 10.5. The fourth-order valence-corrected chi connectivity index (χ4v) is 4.96. The summed E-state index contributed by atoms with van der Waals surface area (Å²) >= 11 is 0. The van der Waals surface area contributed by atoms with E-state index in [1.54, 1.807) is 0 Å². The minimum atomic E-state index is -0.851.